The molecule has 1 aliphatic rings. The Bertz CT molecular complexity index is 145. The number of aliphatic hydroxyl groups is 1. The largest absolute Gasteiger partial charge is 0.396 e. The van der Waals surface area contributed by atoms with Crippen LogP contribution in [0.15, 0.2) is 11.9 Å². The SMILES string of the molecule is OCC1CC(F)=CCC1F. The van der Waals surface area contributed by atoms with E-state index in [1.54, 1.807) is 0 Å². The fourth-order valence-corrected chi connectivity index (χ4v) is 1.07. The van der Waals surface area contributed by atoms with Gasteiger partial charge in [-0.2, -0.15) is 0 Å². The fraction of sp³-hybridized carbons (Fsp3) is 0.714. The first-order chi connectivity index (χ1) is 4.74. The van der Waals surface area contributed by atoms with Crippen LogP contribution < -0.4 is 0 Å². The van der Waals surface area contributed by atoms with Crippen LogP contribution in [0.1, 0.15) is 12.8 Å². The molecule has 1 nitrogen and oxygen atoms in total. The Balaban J connectivity index is 2.53. The lowest BCUT2D eigenvalue weighted by atomic mass is 9.93. The Morgan fingerprint density at radius 3 is 2.90 bits per heavy atom. The van der Waals surface area contributed by atoms with Crippen molar-refractivity contribution in [3.05, 3.63) is 11.9 Å². The molecule has 0 saturated carbocycles. The van der Waals surface area contributed by atoms with E-state index >= 15 is 0 Å². The van der Waals surface area contributed by atoms with Gasteiger partial charge < -0.3 is 5.11 Å². The van der Waals surface area contributed by atoms with Crippen molar-refractivity contribution in [3.8, 4) is 0 Å². The minimum atomic E-state index is -1.07. The highest BCUT2D eigenvalue weighted by atomic mass is 19.1. The maximum Gasteiger partial charge on any atom is 0.109 e. The van der Waals surface area contributed by atoms with E-state index in [2.05, 4.69) is 0 Å². The lowest BCUT2D eigenvalue weighted by Gasteiger charge is -2.20. The molecule has 0 fully saturated rings. The van der Waals surface area contributed by atoms with Crippen molar-refractivity contribution in [2.45, 2.75) is 19.0 Å². The Labute approximate surface area is 58.4 Å². The molecule has 1 rings (SSSR count). The maximum absolute atomic E-state index is 12.7. The summed E-state index contributed by atoms with van der Waals surface area (Å²) in [5.41, 5.74) is 0. The van der Waals surface area contributed by atoms with Crippen LogP contribution in [0.25, 0.3) is 0 Å². The van der Waals surface area contributed by atoms with E-state index in [-0.39, 0.29) is 25.3 Å². The molecule has 0 radical (unpaired) electrons. The average Bonchev–Trinajstić information content (AvgIpc) is 1.94. The summed E-state index contributed by atoms with van der Waals surface area (Å²) in [4.78, 5) is 0. The van der Waals surface area contributed by atoms with Gasteiger partial charge in [0.05, 0.1) is 5.83 Å². The van der Waals surface area contributed by atoms with Crippen molar-refractivity contribution in [1.82, 2.24) is 0 Å². The van der Waals surface area contributed by atoms with Gasteiger partial charge in [0.25, 0.3) is 0 Å². The lowest BCUT2D eigenvalue weighted by molar-refractivity contribution is 0.126. The number of allylic oxidation sites excluding steroid dienone is 2. The molecule has 0 heterocycles. The molecule has 0 spiro atoms. The van der Waals surface area contributed by atoms with Gasteiger partial charge in [0.1, 0.15) is 6.17 Å². The van der Waals surface area contributed by atoms with Gasteiger partial charge in [0.2, 0.25) is 0 Å². The number of hydrogen-bond donors (Lipinski definition) is 1. The van der Waals surface area contributed by atoms with Crippen molar-refractivity contribution >= 4 is 0 Å². The Morgan fingerprint density at radius 1 is 1.70 bits per heavy atom. The molecule has 2 atom stereocenters. The van der Waals surface area contributed by atoms with Crippen molar-refractivity contribution in [3.63, 3.8) is 0 Å². The second-order valence-electron chi connectivity index (χ2n) is 2.55. The smallest absolute Gasteiger partial charge is 0.109 e. The quantitative estimate of drug-likeness (QED) is 0.598. The zero-order valence-corrected chi connectivity index (χ0v) is 5.56. The van der Waals surface area contributed by atoms with Gasteiger partial charge in [-0.05, 0) is 12.5 Å². The Morgan fingerprint density at radius 2 is 2.40 bits per heavy atom. The molecule has 0 aromatic rings. The summed E-state index contributed by atoms with van der Waals surface area (Å²) in [6, 6.07) is 0. The van der Waals surface area contributed by atoms with E-state index in [1.165, 1.54) is 6.08 Å². The standard InChI is InChI=1S/C7H10F2O/c8-6-1-2-7(9)5(3-6)4-10/h1,5,7,10H,2-4H2. The predicted molar refractivity (Wildman–Crippen MR) is 33.9 cm³/mol. The molecular formula is C7H10F2O. The molecule has 0 bridgehead atoms. The maximum atomic E-state index is 12.7. The van der Waals surface area contributed by atoms with Crippen molar-refractivity contribution < 1.29 is 13.9 Å². The summed E-state index contributed by atoms with van der Waals surface area (Å²) in [7, 11) is 0. The first-order valence-corrected chi connectivity index (χ1v) is 3.33. The summed E-state index contributed by atoms with van der Waals surface area (Å²) >= 11 is 0. The van der Waals surface area contributed by atoms with Crippen LogP contribution in [0.2, 0.25) is 0 Å². The molecule has 10 heavy (non-hydrogen) atoms. The van der Waals surface area contributed by atoms with E-state index in [9.17, 15) is 8.78 Å². The third-order valence-corrected chi connectivity index (χ3v) is 1.77. The molecule has 3 heteroatoms. The van der Waals surface area contributed by atoms with E-state index in [0.717, 1.165) is 0 Å². The number of alkyl halides is 1. The third-order valence-electron chi connectivity index (χ3n) is 1.77. The monoisotopic (exact) mass is 148 g/mol. The van der Waals surface area contributed by atoms with Gasteiger partial charge in [-0.3, -0.25) is 0 Å². The van der Waals surface area contributed by atoms with Crippen LogP contribution in [0.3, 0.4) is 0 Å². The molecule has 0 aliphatic heterocycles. The molecule has 1 aliphatic carbocycles. The summed E-state index contributed by atoms with van der Waals surface area (Å²) < 4.78 is 25.0. The zero-order valence-electron chi connectivity index (χ0n) is 5.56. The second kappa shape index (κ2) is 3.10. The summed E-state index contributed by atoms with van der Waals surface area (Å²) in [5, 5.41) is 8.55. The fourth-order valence-electron chi connectivity index (χ4n) is 1.07. The van der Waals surface area contributed by atoms with E-state index in [4.69, 9.17) is 5.11 Å². The number of rotatable bonds is 1. The zero-order chi connectivity index (χ0) is 7.56. The van der Waals surface area contributed by atoms with E-state index < -0.39 is 12.1 Å². The Hall–Kier alpha value is -0.440. The topological polar surface area (TPSA) is 20.2 Å². The first kappa shape index (κ1) is 7.66. The lowest BCUT2D eigenvalue weighted by Crippen LogP contribution is -2.22. The molecule has 0 aromatic heterocycles. The molecule has 1 N–H and O–H groups in total. The van der Waals surface area contributed by atoms with Crippen LogP contribution in [-0.2, 0) is 0 Å². The summed E-state index contributed by atoms with van der Waals surface area (Å²) in [6.45, 7) is -0.261. The first-order valence-electron chi connectivity index (χ1n) is 3.33. The van der Waals surface area contributed by atoms with Crippen LogP contribution in [0, 0.1) is 5.92 Å². The summed E-state index contributed by atoms with van der Waals surface area (Å²) in [5.74, 6) is -0.821. The van der Waals surface area contributed by atoms with Crippen LogP contribution >= 0.6 is 0 Å². The van der Waals surface area contributed by atoms with Crippen LogP contribution in [0.5, 0.6) is 0 Å². The minimum absolute atomic E-state index is 0.0532. The van der Waals surface area contributed by atoms with E-state index in [0.29, 0.717) is 0 Å². The highest BCUT2D eigenvalue weighted by molar-refractivity contribution is 5.01. The third kappa shape index (κ3) is 1.53. The highest BCUT2D eigenvalue weighted by Gasteiger charge is 2.24. The molecular weight excluding hydrogens is 138 g/mol. The number of aliphatic hydroxyl groups excluding tert-OH is 1. The number of hydrogen-bond acceptors (Lipinski definition) is 1. The van der Waals surface area contributed by atoms with Crippen LogP contribution in [0.4, 0.5) is 8.78 Å². The van der Waals surface area contributed by atoms with Gasteiger partial charge in [-0.1, -0.05) is 0 Å². The molecule has 0 amide bonds. The predicted octanol–water partition coefficient (Wildman–Crippen LogP) is 1.58. The molecule has 2 unspecified atom stereocenters. The second-order valence-corrected chi connectivity index (χ2v) is 2.55. The average molecular weight is 148 g/mol. The normalized spacial score (nSPS) is 33.7. The van der Waals surface area contributed by atoms with Gasteiger partial charge >= 0.3 is 0 Å². The Kier molecular flexibility index (Phi) is 2.38. The van der Waals surface area contributed by atoms with Crippen molar-refractivity contribution in [1.29, 1.82) is 0 Å². The van der Waals surface area contributed by atoms with Gasteiger partial charge in [-0.25, -0.2) is 8.78 Å². The highest BCUT2D eigenvalue weighted by Crippen LogP contribution is 2.26. The molecule has 0 aromatic carbocycles. The summed E-state index contributed by atoms with van der Waals surface area (Å²) in [6.07, 6.45) is 0.343. The van der Waals surface area contributed by atoms with E-state index in [1.807, 2.05) is 0 Å². The molecule has 58 valence electrons. The van der Waals surface area contributed by atoms with Gasteiger partial charge in [0, 0.05) is 18.9 Å². The molecule has 0 saturated heterocycles. The van der Waals surface area contributed by atoms with Gasteiger partial charge in [0.15, 0.2) is 0 Å². The van der Waals surface area contributed by atoms with Gasteiger partial charge in [-0.15, -0.1) is 0 Å². The van der Waals surface area contributed by atoms with Crippen LogP contribution in [-0.4, -0.2) is 17.9 Å². The minimum Gasteiger partial charge on any atom is -0.396 e. The number of halogens is 2. The van der Waals surface area contributed by atoms with Crippen molar-refractivity contribution in [2.75, 3.05) is 6.61 Å². The van der Waals surface area contributed by atoms with Crippen molar-refractivity contribution in [2.24, 2.45) is 5.92 Å².